The lowest BCUT2D eigenvalue weighted by Gasteiger charge is -2.19. The number of nitrogens with one attached hydrogen (secondary N) is 2. The lowest BCUT2D eigenvalue weighted by atomic mass is 9.98. The van der Waals surface area contributed by atoms with Crippen LogP contribution in [0.25, 0.3) is 16.6 Å². The number of urea groups is 1. The predicted molar refractivity (Wildman–Crippen MR) is 104 cm³/mol. The van der Waals surface area contributed by atoms with Crippen LogP contribution >= 0.6 is 0 Å². The van der Waals surface area contributed by atoms with Crippen molar-refractivity contribution in [3.8, 4) is 6.07 Å². The fourth-order valence-corrected chi connectivity index (χ4v) is 3.86. The van der Waals surface area contributed by atoms with Crippen LogP contribution in [0.3, 0.4) is 0 Å². The number of hydrogen-bond donors (Lipinski definition) is 3. The summed E-state index contributed by atoms with van der Waals surface area (Å²) in [5, 5.41) is 22.3. The molecule has 3 N–H and O–H groups in total. The van der Waals surface area contributed by atoms with Crippen molar-refractivity contribution < 1.29 is 24.2 Å². The predicted octanol–water partition coefficient (Wildman–Crippen LogP) is 1.76. The van der Waals surface area contributed by atoms with Crippen LogP contribution in [0.5, 0.6) is 0 Å². The van der Waals surface area contributed by atoms with Crippen LogP contribution < -0.4 is 5.32 Å². The van der Waals surface area contributed by atoms with Gasteiger partial charge in [-0.05, 0) is 25.0 Å². The van der Waals surface area contributed by atoms with E-state index in [0.29, 0.717) is 23.9 Å². The fraction of sp³-hybridized carbons (Fsp3) is 0.350. The number of imide groups is 1. The number of aromatic nitrogens is 2. The molecule has 10 heteroatoms. The molecule has 30 heavy (non-hydrogen) atoms. The van der Waals surface area contributed by atoms with Crippen molar-refractivity contribution in [2.45, 2.75) is 31.2 Å². The highest BCUT2D eigenvalue weighted by Crippen LogP contribution is 2.34. The number of esters is 1. The normalized spacial score (nSPS) is 18.4. The Morgan fingerprint density at radius 2 is 2.03 bits per heavy atom. The van der Waals surface area contributed by atoms with Gasteiger partial charge in [-0.25, -0.2) is 9.78 Å². The summed E-state index contributed by atoms with van der Waals surface area (Å²) in [6, 6.07) is 8.32. The van der Waals surface area contributed by atoms with E-state index in [2.05, 4.69) is 15.3 Å². The molecule has 1 aliphatic carbocycles. The molecule has 2 fully saturated rings. The number of amides is 3. The Morgan fingerprint density at radius 3 is 2.73 bits per heavy atom. The van der Waals surface area contributed by atoms with Gasteiger partial charge in [0.25, 0.3) is 5.91 Å². The number of imidazole rings is 1. The number of ether oxygens (including phenoxy) is 1. The maximum Gasteiger partial charge on any atom is 0.326 e. The van der Waals surface area contributed by atoms with Gasteiger partial charge in [0.1, 0.15) is 30.3 Å². The summed E-state index contributed by atoms with van der Waals surface area (Å²) < 4.78 is 4.98. The van der Waals surface area contributed by atoms with E-state index in [9.17, 15) is 24.8 Å². The maximum atomic E-state index is 12.6. The van der Waals surface area contributed by atoms with E-state index in [1.54, 1.807) is 24.3 Å². The number of carbonyl (C=O) groups is 3. The number of benzene rings is 1. The lowest BCUT2D eigenvalue weighted by molar-refractivity contribution is -0.147. The SMILES string of the molecule is N#C/C(=C(/O)COC(=O)CN1C(=O)NC2(CCCC2)C1=O)c1nc2ccccc2[nH]1. The first kappa shape index (κ1) is 19.4. The largest absolute Gasteiger partial charge is 0.507 e. The second-order valence-corrected chi connectivity index (χ2v) is 7.31. The molecule has 0 atom stereocenters. The van der Waals surface area contributed by atoms with Crippen LogP contribution in [0.4, 0.5) is 4.79 Å². The molecule has 0 radical (unpaired) electrons. The van der Waals surface area contributed by atoms with Crippen LogP contribution in [0.1, 0.15) is 31.5 Å². The smallest absolute Gasteiger partial charge is 0.326 e. The zero-order chi connectivity index (χ0) is 21.3. The van der Waals surface area contributed by atoms with Gasteiger partial charge in [-0.15, -0.1) is 0 Å². The van der Waals surface area contributed by atoms with Gasteiger partial charge < -0.3 is 20.1 Å². The molecule has 0 unspecified atom stereocenters. The minimum atomic E-state index is -0.908. The molecular weight excluding hydrogens is 390 g/mol. The Balaban J connectivity index is 1.42. The molecule has 1 aromatic heterocycles. The molecule has 0 bridgehead atoms. The summed E-state index contributed by atoms with van der Waals surface area (Å²) in [5.41, 5.74) is 0.224. The van der Waals surface area contributed by atoms with Gasteiger partial charge in [0.2, 0.25) is 0 Å². The molecule has 2 heterocycles. The minimum Gasteiger partial charge on any atom is -0.507 e. The highest BCUT2D eigenvalue weighted by molar-refractivity contribution is 6.08. The lowest BCUT2D eigenvalue weighted by Crippen LogP contribution is -2.44. The number of H-pyrrole nitrogens is 1. The summed E-state index contributed by atoms with van der Waals surface area (Å²) in [7, 11) is 0. The summed E-state index contributed by atoms with van der Waals surface area (Å²) >= 11 is 0. The van der Waals surface area contributed by atoms with Gasteiger partial charge in [-0.2, -0.15) is 5.26 Å². The van der Waals surface area contributed by atoms with E-state index in [1.165, 1.54) is 0 Å². The van der Waals surface area contributed by atoms with Crippen LogP contribution in [0.2, 0.25) is 0 Å². The summed E-state index contributed by atoms with van der Waals surface area (Å²) in [5.74, 6) is -1.65. The fourth-order valence-electron chi connectivity index (χ4n) is 3.86. The molecule has 4 rings (SSSR count). The molecule has 3 amide bonds. The van der Waals surface area contributed by atoms with E-state index >= 15 is 0 Å². The van der Waals surface area contributed by atoms with Gasteiger partial charge in [-0.3, -0.25) is 14.5 Å². The molecule has 1 spiro atoms. The van der Waals surface area contributed by atoms with Crippen LogP contribution in [-0.2, 0) is 14.3 Å². The molecule has 154 valence electrons. The number of aliphatic hydroxyl groups excluding tert-OH is 1. The van der Waals surface area contributed by atoms with E-state index < -0.39 is 42.4 Å². The monoisotopic (exact) mass is 409 g/mol. The van der Waals surface area contributed by atoms with Crippen LogP contribution in [-0.4, -0.2) is 56.6 Å². The number of rotatable bonds is 5. The number of aromatic amines is 1. The van der Waals surface area contributed by atoms with Crippen molar-refractivity contribution >= 4 is 34.5 Å². The van der Waals surface area contributed by atoms with E-state index in [4.69, 9.17) is 4.74 Å². The summed E-state index contributed by atoms with van der Waals surface area (Å²) in [6.45, 7) is -1.15. The van der Waals surface area contributed by atoms with Gasteiger partial charge >= 0.3 is 12.0 Å². The minimum absolute atomic E-state index is 0.143. The molecule has 10 nitrogen and oxygen atoms in total. The molecule has 2 aromatic rings. The van der Waals surface area contributed by atoms with Crippen molar-refractivity contribution in [1.82, 2.24) is 20.2 Å². The van der Waals surface area contributed by atoms with Crippen molar-refractivity contribution in [3.05, 3.63) is 35.8 Å². The third-order valence-electron chi connectivity index (χ3n) is 5.39. The molecule has 2 aliphatic rings. The van der Waals surface area contributed by atoms with Gasteiger partial charge in [-0.1, -0.05) is 25.0 Å². The Bertz CT molecular complexity index is 1070. The number of nitriles is 1. The highest BCUT2D eigenvalue weighted by Gasteiger charge is 2.52. The van der Waals surface area contributed by atoms with Crippen molar-refractivity contribution in [2.75, 3.05) is 13.2 Å². The number of allylic oxidation sites excluding steroid dienone is 1. The van der Waals surface area contributed by atoms with E-state index in [0.717, 1.165) is 17.7 Å². The first-order chi connectivity index (χ1) is 14.4. The number of para-hydroxylation sites is 2. The van der Waals surface area contributed by atoms with Crippen LogP contribution in [0, 0.1) is 11.3 Å². The van der Waals surface area contributed by atoms with E-state index in [-0.39, 0.29) is 11.4 Å². The first-order valence-corrected chi connectivity index (χ1v) is 9.50. The molecular formula is C20H19N5O5. The average Bonchev–Trinajstić information content (AvgIpc) is 3.42. The van der Waals surface area contributed by atoms with Gasteiger partial charge in [0.05, 0.1) is 11.0 Å². The highest BCUT2D eigenvalue weighted by atomic mass is 16.5. The summed E-state index contributed by atoms with van der Waals surface area (Å²) in [6.07, 6.45) is 2.77. The van der Waals surface area contributed by atoms with Crippen molar-refractivity contribution in [2.24, 2.45) is 0 Å². The zero-order valence-electron chi connectivity index (χ0n) is 16.0. The quantitative estimate of drug-likeness (QED) is 0.295. The topological polar surface area (TPSA) is 148 Å². The number of hydrogen-bond acceptors (Lipinski definition) is 7. The number of aliphatic hydroxyl groups is 1. The standard InChI is InChI=1S/C20H19N5O5/c21-9-12(17-22-13-5-1-2-6-14(13)23-17)15(26)11-30-16(27)10-25-18(28)20(24-19(25)29)7-3-4-8-20/h1-2,5-6,26H,3-4,7-8,10-11H2,(H,22,23)(H,24,29)/b15-12-. The molecule has 1 saturated heterocycles. The Kier molecular flexibility index (Phi) is 4.87. The molecule has 1 aliphatic heterocycles. The first-order valence-electron chi connectivity index (χ1n) is 9.50. The maximum absolute atomic E-state index is 12.6. The third kappa shape index (κ3) is 3.34. The Hall–Kier alpha value is -3.87. The zero-order valence-corrected chi connectivity index (χ0v) is 16.0. The summed E-state index contributed by atoms with van der Waals surface area (Å²) in [4.78, 5) is 44.8. The Labute approximate surface area is 171 Å². The van der Waals surface area contributed by atoms with Crippen molar-refractivity contribution in [1.29, 1.82) is 5.26 Å². The number of fused-ring (bicyclic) bond motifs is 1. The Morgan fingerprint density at radius 1 is 1.30 bits per heavy atom. The van der Waals surface area contributed by atoms with Gasteiger partial charge in [0, 0.05) is 0 Å². The van der Waals surface area contributed by atoms with Gasteiger partial charge in [0.15, 0.2) is 11.6 Å². The second-order valence-electron chi connectivity index (χ2n) is 7.31. The molecule has 1 saturated carbocycles. The van der Waals surface area contributed by atoms with E-state index in [1.807, 2.05) is 6.07 Å². The second kappa shape index (κ2) is 7.51. The van der Waals surface area contributed by atoms with Crippen molar-refractivity contribution in [3.63, 3.8) is 0 Å². The molecule has 1 aromatic carbocycles. The average molecular weight is 409 g/mol. The number of carbonyl (C=O) groups excluding carboxylic acids is 3. The third-order valence-corrected chi connectivity index (χ3v) is 5.39. The number of nitrogens with zero attached hydrogens (tertiary/aromatic N) is 3. The van der Waals surface area contributed by atoms with Crippen LogP contribution in [0.15, 0.2) is 30.0 Å².